The molecule has 0 bridgehead atoms. The fourth-order valence-corrected chi connectivity index (χ4v) is 7.44. The molecule has 0 radical (unpaired) electrons. The van der Waals surface area contributed by atoms with E-state index in [1.807, 2.05) is 0 Å². The van der Waals surface area contributed by atoms with Gasteiger partial charge in [0, 0.05) is 28.2 Å². The Balaban J connectivity index is 1.38. The third-order valence-electron chi connectivity index (χ3n) is 9.82. The zero-order valence-corrected chi connectivity index (χ0v) is 26.5. The molecule has 0 spiro atoms. The van der Waals surface area contributed by atoms with E-state index in [0.717, 1.165) is 0 Å². The number of ketones is 3. The van der Waals surface area contributed by atoms with Gasteiger partial charge >= 0.3 is 0 Å². The van der Waals surface area contributed by atoms with Crippen molar-refractivity contribution in [2.24, 2.45) is 17.6 Å². The number of aliphatic hydroxyl groups is 4. The van der Waals surface area contributed by atoms with E-state index in [0.29, 0.717) is 11.1 Å². The molecule has 0 saturated heterocycles. The largest absolute Gasteiger partial charge is 0.508 e. The number of nitrogens with two attached hydrogens (primary N) is 1. The summed E-state index contributed by atoms with van der Waals surface area (Å²) < 4.78 is 0. The van der Waals surface area contributed by atoms with Crippen molar-refractivity contribution in [2.75, 3.05) is 19.4 Å². The Morgan fingerprint density at radius 3 is 2.06 bits per heavy atom. The number of fused-ring (bicyclic) bond motifs is 3. The molecule has 3 aliphatic carbocycles. The van der Waals surface area contributed by atoms with Gasteiger partial charge in [0.05, 0.1) is 29.3 Å². The number of amides is 2. The molecule has 13 heteroatoms. The standard InChI is InChI=1S/C36H33N3O10/c1-15-19-13-14-20(38-35(48)18-11-9-17(10-12-18)27(40)16-7-5-4-6-8-16)28(41)22(19)29(42)23-21(15)30(43)25-26(39(2)3)31(44)24(34(37)47)33(46)36(25,49)32(23)45/h4-15,21,25-26,30,41-43,46,49H,1-3H3,(H2,37,47)(H,38,48)/t15-,21?,25?,26-,30?,36-/m0/s1. The molecule has 0 aliphatic heterocycles. The highest BCUT2D eigenvalue weighted by molar-refractivity contribution is 6.24. The van der Waals surface area contributed by atoms with Crippen molar-refractivity contribution in [3.8, 4) is 5.75 Å². The number of phenolic OH excluding ortho intramolecular Hbond substituents is 1. The average molecular weight is 668 g/mol. The average Bonchev–Trinajstić information content (AvgIpc) is 3.07. The van der Waals surface area contributed by atoms with Gasteiger partial charge in [0.15, 0.2) is 17.2 Å². The second kappa shape index (κ2) is 11.8. The number of Topliss-reactive ketones (excluding diaryl/α,β-unsaturated/α-hetero) is 2. The zero-order valence-electron chi connectivity index (χ0n) is 26.5. The molecular formula is C36H33N3O10. The number of hydrogen-bond donors (Lipinski definition) is 7. The molecule has 0 aromatic heterocycles. The van der Waals surface area contributed by atoms with Crippen molar-refractivity contribution in [1.29, 1.82) is 0 Å². The van der Waals surface area contributed by atoms with Crippen LogP contribution in [0.5, 0.6) is 5.75 Å². The summed E-state index contributed by atoms with van der Waals surface area (Å²) in [6, 6.07) is 15.8. The number of nitrogens with one attached hydrogen (secondary N) is 1. The number of nitrogens with zero attached hydrogens (tertiary/aromatic N) is 1. The Morgan fingerprint density at radius 2 is 1.47 bits per heavy atom. The Morgan fingerprint density at radius 1 is 0.878 bits per heavy atom. The minimum absolute atomic E-state index is 0.145. The van der Waals surface area contributed by atoms with E-state index in [9.17, 15) is 49.5 Å². The highest BCUT2D eigenvalue weighted by Crippen LogP contribution is 2.56. The Hall–Kier alpha value is -5.63. The van der Waals surface area contributed by atoms with Crippen LogP contribution in [0, 0.1) is 11.8 Å². The lowest BCUT2D eigenvalue weighted by Crippen LogP contribution is -2.70. The lowest BCUT2D eigenvalue weighted by Gasteiger charge is -2.53. The Kier molecular flexibility index (Phi) is 8.02. The highest BCUT2D eigenvalue weighted by Gasteiger charge is 2.68. The first kappa shape index (κ1) is 33.3. The maximum Gasteiger partial charge on any atom is 0.255 e. The summed E-state index contributed by atoms with van der Waals surface area (Å²) in [5.74, 6) is -11.1. The minimum Gasteiger partial charge on any atom is -0.508 e. The van der Waals surface area contributed by atoms with Crippen molar-refractivity contribution < 1.29 is 49.5 Å². The van der Waals surface area contributed by atoms with E-state index in [-0.39, 0.29) is 28.2 Å². The zero-order chi connectivity index (χ0) is 35.7. The maximum atomic E-state index is 14.2. The number of phenols is 1. The van der Waals surface area contributed by atoms with E-state index < -0.39 is 87.3 Å². The summed E-state index contributed by atoms with van der Waals surface area (Å²) in [5, 5.41) is 60.1. The number of likely N-dealkylation sites (N-methyl/N-ethyl adjacent to an activating group) is 1. The van der Waals surface area contributed by atoms with Gasteiger partial charge in [-0.05, 0) is 43.8 Å². The van der Waals surface area contributed by atoms with Crippen LogP contribution in [0.15, 0.2) is 83.6 Å². The first-order chi connectivity index (χ1) is 23.1. The predicted molar refractivity (Wildman–Crippen MR) is 175 cm³/mol. The monoisotopic (exact) mass is 667 g/mol. The number of primary amides is 1. The van der Waals surface area contributed by atoms with Gasteiger partial charge in [-0.1, -0.05) is 55.5 Å². The third kappa shape index (κ3) is 4.85. The van der Waals surface area contributed by atoms with E-state index in [1.54, 1.807) is 37.3 Å². The van der Waals surface area contributed by atoms with Crippen LogP contribution in [0.2, 0.25) is 0 Å². The number of benzene rings is 3. The van der Waals surface area contributed by atoms with E-state index >= 15 is 0 Å². The van der Waals surface area contributed by atoms with Crippen LogP contribution in [0.3, 0.4) is 0 Å². The molecule has 13 nitrogen and oxygen atoms in total. The second-order valence-corrected chi connectivity index (χ2v) is 12.7. The molecule has 0 heterocycles. The minimum atomic E-state index is -3.04. The number of rotatable bonds is 6. The molecule has 8 N–H and O–H groups in total. The van der Waals surface area contributed by atoms with Crippen LogP contribution in [-0.2, 0) is 14.4 Å². The fourth-order valence-electron chi connectivity index (χ4n) is 7.44. The van der Waals surface area contributed by atoms with Crippen LogP contribution < -0.4 is 11.1 Å². The summed E-state index contributed by atoms with van der Waals surface area (Å²) in [6.07, 6.45) is -1.73. The van der Waals surface area contributed by atoms with Gasteiger partial charge in [0.25, 0.3) is 11.8 Å². The summed E-state index contributed by atoms with van der Waals surface area (Å²) in [5.41, 5.74) is 1.59. The molecule has 1 saturated carbocycles. The van der Waals surface area contributed by atoms with Gasteiger partial charge in [-0.2, -0.15) is 0 Å². The van der Waals surface area contributed by atoms with Gasteiger partial charge in [0.1, 0.15) is 22.8 Å². The van der Waals surface area contributed by atoms with E-state index in [2.05, 4.69) is 5.32 Å². The number of aromatic hydroxyl groups is 1. The normalized spacial score (nSPS) is 26.2. The highest BCUT2D eigenvalue weighted by atomic mass is 16.4. The lowest BCUT2D eigenvalue weighted by atomic mass is 9.54. The van der Waals surface area contributed by atoms with Crippen LogP contribution in [0.4, 0.5) is 5.69 Å². The van der Waals surface area contributed by atoms with Crippen LogP contribution in [0.25, 0.3) is 5.76 Å². The molecule has 6 atom stereocenters. The Bertz CT molecular complexity index is 2020. The van der Waals surface area contributed by atoms with Crippen LogP contribution >= 0.6 is 0 Å². The van der Waals surface area contributed by atoms with Crippen molar-refractivity contribution in [1.82, 2.24) is 4.90 Å². The summed E-state index contributed by atoms with van der Waals surface area (Å²) in [7, 11) is 2.85. The number of carbonyl (C=O) groups excluding carboxylic acids is 5. The third-order valence-corrected chi connectivity index (χ3v) is 9.82. The molecule has 49 heavy (non-hydrogen) atoms. The smallest absolute Gasteiger partial charge is 0.255 e. The van der Waals surface area contributed by atoms with Gasteiger partial charge < -0.3 is 36.6 Å². The van der Waals surface area contributed by atoms with Gasteiger partial charge in [-0.15, -0.1) is 0 Å². The summed E-state index contributed by atoms with van der Waals surface area (Å²) >= 11 is 0. The molecule has 3 aromatic rings. The maximum absolute atomic E-state index is 14.2. The lowest BCUT2D eigenvalue weighted by molar-refractivity contribution is -0.169. The van der Waals surface area contributed by atoms with Crippen molar-refractivity contribution >= 4 is 40.6 Å². The fraction of sp³-hybridized carbons (Fsp3) is 0.250. The predicted octanol–water partition coefficient (Wildman–Crippen LogP) is 1.98. The molecule has 6 rings (SSSR count). The molecule has 3 unspecified atom stereocenters. The van der Waals surface area contributed by atoms with Crippen LogP contribution in [-0.4, -0.2) is 91.4 Å². The number of hydrogen-bond acceptors (Lipinski definition) is 11. The molecule has 2 amide bonds. The SMILES string of the molecule is C[C@H]1c2ccc(NC(=O)c3ccc(C(=O)c4ccccc4)cc3)c(O)c2C(O)=C2C(=O)[C@]3(O)C(O)=C(C(N)=O)C(=O)[C@@H](N(C)C)C3C(O)C21. The topological polar surface area (TPSA) is 228 Å². The van der Waals surface area contributed by atoms with Crippen molar-refractivity contribution in [3.05, 3.63) is 111 Å². The first-order valence-corrected chi connectivity index (χ1v) is 15.3. The first-order valence-electron chi connectivity index (χ1n) is 15.3. The van der Waals surface area contributed by atoms with Crippen molar-refractivity contribution in [2.45, 2.75) is 30.6 Å². The second-order valence-electron chi connectivity index (χ2n) is 12.7. The van der Waals surface area contributed by atoms with E-state index in [1.165, 1.54) is 55.4 Å². The van der Waals surface area contributed by atoms with Crippen molar-refractivity contribution in [3.63, 3.8) is 0 Å². The van der Waals surface area contributed by atoms with E-state index in [4.69, 9.17) is 5.73 Å². The molecule has 3 aromatic carbocycles. The Labute approximate surface area is 279 Å². The summed E-state index contributed by atoms with van der Waals surface area (Å²) in [6.45, 7) is 1.60. The number of anilines is 1. The van der Waals surface area contributed by atoms with Crippen LogP contribution in [0.1, 0.15) is 50.2 Å². The molecular weight excluding hydrogens is 634 g/mol. The number of carbonyl (C=O) groups is 5. The molecule has 1 fully saturated rings. The molecule has 3 aliphatic rings. The van der Waals surface area contributed by atoms with Gasteiger partial charge in [-0.25, -0.2) is 0 Å². The number of aliphatic hydroxyl groups excluding tert-OH is 3. The molecule has 252 valence electrons. The van der Waals surface area contributed by atoms with Gasteiger partial charge in [-0.3, -0.25) is 28.9 Å². The quantitative estimate of drug-likeness (QED) is 0.114. The summed E-state index contributed by atoms with van der Waals surface area (Å²) in [4.78, 5) is 66.9. The van der Waals surface area contributed by atoms with Gasteiger partial charge in [0.2, 0.25) is 5.78 Å².